The summed E-state index contributed by atoms with van der Waals surface area (Å²) in [7, 11) is 0. The van der Waals surface area contributed by atoms with Gasteiger partial charge in [-0.15, -0.1) is 0 Å². The Balaban J connectivity index is 1.23. The fourth-order valence-corrected chi connectivity index (χ4v) is 8.59. The maximum Gasteiger partial charge on any atom is 0.344 e. The first-order valence-corrected chi connectivity index (χ1v) is 17.5. The van der Waals surface area contributed by atoms with Crippen LogP contribution >= 0.6 is 22.9 Å². The average molecular weight is 759 g/mol. The van der Waals surface area contributed by atoms with Gasteiger partial charge in [-0.05, 0) is 37.6 Å². The number of hydrogen-bond acceptors (Lipinski definition) is 11. The number of anilines is 2. The minimum atomic E-state index is -3.49. The molecule has 0 saturated carbocycles. The molecular weight excluding hydrogens is 731 g/mol. The van der Waals surface area contributed by atoms with Crippen LogP contribution in [0.5, 0.6) is 6.01 Å². The highest BCUT2D eigenvalue weighted by Gasteiger charge is 2.49. The van der Waals surface area contributed by atoms with Gasteiger partial charge in [0.05, 0.1) is 51.8 Å². The van der Waals surface area contributed by atoms with Gasteiger partial charge in [0.15, 0.2) is 10.9 Å². The zero-order chi connectivity index (χ0) is 36.5. The van der Waals surface area contributed by atoms with E-state index in [1.54, 1.807) is 0 Å². The molecule has 52 heavy (non-hydrogen) atoms. The number of hydrogen-bond donors (Lipinski definition) is 1. The second kappa shape index (κ2) is 12.7. The molecule has 3 aromatic heterocycles. The van der Waals surface area contributed by atoms with Crippen LogP contribution in [0.25, 0.3) is 32.2 Å². The van der Waals surface area contributed by atoms with Gasteiger partial charge in [-0.2, -0.15) is 25.0 Å². The van der Waals surface area contributed by atoms with Crippen molar-refractivity contribution in [1.82, 2.24) is 34.5 Å². The van der Waals surface area contributed by atoms with E-state index in [-0.39, 0.29) is 92.5 Å². The van der Waals surface area contributed by atoms with E-state index >= 15 is 13.2 Å². The van der Waals surface area contributed by atoms with Crippen molar-refractivity contribution in [3.05, 3.63) is 52.8 Å². The minimum Gasteiger partial charge on any atom is -0.461 e. The van der Waals surface area contributed by atoms with Gasteiger partial charge in [-0.1, -0.05) is 22.9 Å². The molecule has 3 fully saturated rings. The predicted molar refractivity (Wildman–Crippen MR) is 183 cm³/mol. The van der Waals surface area contributed by atoms with Crippen LogP contribution in [0, 0.1) is 23.0 Å². The Morgan fingerprint density at radius 1 is 1.15 bits per heavy atom. The summed E-state index contributed by atoms with van der Waals surface area (Å²) in [6.45, 7) is -1.39. The van der Waals surface area contributed by atoms with Crippen molar-refractivity contribution in [2.24, 2.45) is 0 Å². The van der Waals surface area contributed by atoms with E-state index in [1.165, 1.54) is 17.0 Å². The lowest BCUT2D eigenvalue weighted by Crippen LogP contribution is -2.44. The molecule has 2 N–H and O–H groups in total. The van der Waals surface area contributed by atoms with Gasteiger partial charge in [-0.3, -0.25) is 4.90 Å². The smallest absolute Gasteiger partial charge is 0.344 e. The number of thiazole rings is 1. The van der Waals surface area contributed by atoms with Gasteiger partial charge < -0.3 is 20.3 Å². The highest BCUT2D eigenvalue weighted by Crippen LogP contribution is 2.44. The van der Waals surface area contributed by atoms with E-state index in [4.69, 9.17) is 27.3 Å². The standard InChI is InChI=1S/C33H28ClF5N10O2S/c34-21-8-20-25(24(37)23(21)19-2-3-22(36)27-26(19)43-29(41)52-27)44-30(51-16-32-4-1-5-48(32)13-18(35)9-32)45-28(20)46-6-7-47(15-33(38,39)14-46)31(50)49-12-17(10-40)11-42-49/h2-3,8,11-12,18H,1,4-7,9,13-16H2,(H2,41,43)/t18-,32+/m1/s1. The van der Waals surface area contributed by atoms with Gasteiger partial charge in [0.2, 0.25) is 0 Å². The molecule has 0 radical (unpaired) electrons. The number of nitriles is 1. The molecule has 3 saturated heterocycles. The van der Waals surface area contributed by atoms with E-state index in [1.807, 2.05) is 11.0 Å². The molecule has 8 rings (SSSR count). The summed E-state index contributed by atoms with van der Waals surface area (Å²) < 4.78 is 84.5. The van der Waals surface area contributed by atoms with E-state index in [2.05, 4.69) is 20.1 Å². The van der Waals surface area contributed by atoms with E-state index in [0.717, 1.165) is 45.8 Å². The van der Waals surface area contributed by atoms with Gasteiger partial charge in [0.25, 0.3) is 5.92 Å². The molecule has 3 aliphatic heterocycles. The number of carbonyl (C=O) groups is 1. The molecule has 2 atom stereocenters. The number of nitrogens with two attached hydrogens (primary N) is 1. The Morgan fingerprint density at radius 2 is 1.98 bits per heavy atom. The van der Waals surface area contributed by atoms with Crippen molar-refractivity contribution in [2.75, 3.05) is 56.5 Å². The first-order chi connectivity index (χ1) is 24.8. The maximum atomic E-state index is 16.9. The van der Waals surface area contributed by atoms with Crippen LogP contribution in [0.2, 0.25) is 5.02 Å². The number of fused-ring (bicyclic) bond motifs is 3. The quantitative estimate of drug-likeness (QED) is 0.216. The van der Waals surface area contributed by atoms with Crippen molar-refractivity contribution < 1.29 is 31.5 Å². The van der Waals surface area contributed by atoms with Crippen LogP contribution in [0.1, 0.15) is 24.8 Å². The van der Waals surface area contributed by atoms with Crippen molar-refractivity contribution in [1.29, 1.82) is 5.26 Å². The van der Waals surface area contributed by atoms with Crippen molar-refractivity contribution in [3.8, 4) is 23.2 Å². The summed E-state index contributed by atoms with van der Waals surface area (Å²) >= 11 is 7.61. The number of nitrogens with zero attached hydrogens (tertiary/aromatic N) is 9. The number of benzene rings is 2. The largest absolute Gasteiger partial charge is 0.461 e. The Kier molecular flexibility index (Phi) is 8.34. The number of halogens is 6. The first kappa shape index (κ1) is 34.2. The third-order valence-corrected chi connectivity index (χ3v) is 11.0. The molecule has 6 heterocycles. The Bertz CT molecular complexity index is 2300. The number of amides is 1. The molecule has 0 bridgehead atoms. The highest BCUT2D eigenvalue weighted by molar-refractivity contribution is 7.22. The van der Waals surface area contributed by atoms with Crippen molar-refractivity contribution in [2.45, 2.75) is 36.9 Å². The average Bonchev–Trinajstić information content (AvgIpc) is 3.87. The number of alkyl halides is 3. The zero-order valence-electron chi connectivity index (χ0n) is 27.1. The molecule has 270 valence electrons. The molecule has 0 aliphatic carbocycles. The van der Waals surface area contributed by atoms with Crippen LogP contribution in [-0.4, -0.2) is 104 Å². The van der Waals surface area contributed by atoms with Crippen molar-refractivity contribution in [3.63, 3.8) is 0 Å². The third kappa shape index (κ3) is 5.90. The summed E-state index contributed by atoms with van der Waals surface area (Å²) in [5.41, 5.74) is 5.03. The van der Waals surface area contributed by atoms with E-state index < -0.39 is 48.4 Å². The van der Waals surface area contributed by atoms with Gasteiger partial charge >= 0.3 is 12.0 Å². The molecule has 12 nitrogen and oxygen atoms in total. The number of aromatic nitrogens is 5. The maximum absolute atomic E-state index is 16.9. The van der Waals surface area contributed by atoms with Crippen LogP contribution in [0.15, 0.2) is 30.6 Å². The van der Waals surface area contributed by atoms with Crippen LogP contribution < -0.4 is 15.4 Å². The Labute approximate surface area is 301 Å². The number of carbonyl (C=O) groups excluding carboxylic acids is 1. The van der Waals surface area contributed by atoms with Crippen LogP contribution in [-0.2, 0) is 0 Å². The number of nitrogen functional groups attached to an aromatic ring is 1. The minimum absolute atomic E-state index is 0.0237. The summed E-state index contributed by atoms with van der Waals surface area (Å²) in [6, 6.07) is 4.42. The SMILES string of the molecule is N#Cc1cnn(C(=O)N2CCN(c3nc(OC[C@@]45CCCN4C[C@H](F)C5)nc4c(F)c(-c5ccc(F)c6sc(N)nc56)c(Cl)cc34)CC(F)(F)C2)c1. The lowest BCUT2D eigenvalue weighted by Gasteiger charge is -2.31. The molecule has 0 unspecified atom stereocenters. The lowest BCUT2D eigenvalue weighted by atomic mass is 9.95. The topological polar surface area (TPSA) is 142 Å². The van der Waals surface area contributed by atoms with E-state index in [0.29, 0.717) is 13.0 Å². The molecule has 3 aliphatic rings. The number of rotatable bonds is 5. The molecular formula is C33H28ClF5N10O2S. The normalized spacial score (nSPS) is 21.8. The number of ether oxygens (including phenoxy) is 1. The third-order valence-electron chi connectivity index (χ3n) is 9.82. The monoisotopic (exact) mass is 758 g/mol. The molecule has 1 amide bonds. The second-order valence-corrected chi connectivity index (χ2v) is 14.7. The summed E-state index contributed by atoms with van der Waals surface area (Å²) in [6.07, 6.45) is 2.96. The Hall–Kier alpha value is -4.86. The fourth-order valence-electron chi connectivity index (χ4n) is 7.54. The summed E-state index contributed by atoms with van der Waals surface area (Å²) in [4.78, 5) is 30.4. The molecule has 5 aromatic rings. The van der Waals surface area contributed by atoms with Gasteiger partial charge in [0, 0.05) is 42.6 Å². The summed E-state index contributed by atoms with van der Waals surface area (Å²) in [5, 5.41) is 12.8. The molecule has 2 aromatic carbocycles. The lowest BCUT2D eigenvalue weighted by molar-refractivity contribution is -0.00681. The Morgan fingerprint density at radius 3 is 2.77 bits per heavy atom. The highest BCUT2D eigenvalue weighted by atomic mass is 35.5. The fraction of sp³-hybridized carbons (Fsp3) is 0.394. The first-order valence-electron chi connectivity index (χ1n) is 16.3. The molecule has 0 spiro atoms. The van der Waals surface area contributed by atoms with Crippen LogP contribution in [0.4, 0.5) is 37.7 Å². The summed E-state index contributed by atoms with van der Waals surface area (Å²) in [5.74, 6) is -5.21. The van der Waals surface area contributed by atoms with Crippen molar-refractivity contribution >= 4 is 61.0 Å². The second-order valence-electron chi connectivity index (χ2n) is 13.2. The van der Waals surface area contributed by atoms with Gasteiger partial charge in [-0.25, -0.2) is 31.7 Å². The van der Waals surface area contributed by atoms with E-state index in [9.17, 15) is 13.6 Å². The predicted octanol–water partition coefficient (Wildman–Crippen LogP) is 5.87. The zero-order valence-corrected chi connectivity index (χ0v) is 28.7. The van der Waals surface area contributed by atoms with Crippen LogP contribution in [0.3, 0.4) is 0 Å². The molecule has 19 heteroatoms. The van der Waals surface area contributed by atoms with Gasteiger partial charge in [0.1, 0.15) is 36.0 Å².